The summed E-state index contributed by atoms with van der Waals surface area (Å²) >= 11 is 0. The number of rotatable bonds is 10. The molecule has 0 spiro atoms. The van der Waals surface area contributed by atoms with Gasteiger partial charge in [0.2, 0.25) is 5.91 Å². The zero-order valence-corrected chi connectivity index (χ0v) is 20.9. The monoisotopic (exact) mass is 503 g/mol. The largest absolute Gasteiger partial charge is 0.494 e. The van der Waals surface area contributed by atoms with Crippen LogP contribution in [0.15, 0.2) is 48.5 Å². The fraction of sp³-hybridized carbons (Fsp3) is 0.429. The Labute approximate surface area is 216 Å². The third-order valence-electron chi connectivity index (χ3n) is 6.86. The summed E-state index contributed by atoms with van der Waals surface area (Å²) in [6.45, 7) is 1.01. The third kappa shape index (κ3) is 6.87. The van der Waals surface area contributed by atoms with Gasteiger partial charge in [0.25, 0.3) is 0 Å². The number of para-hydroxylation sites is 1. The van der Waals surface area contributed by atoms with Gasteiger partial charge in [-0.3, -0.25) is 4.79 Å². The average Bonchev–Trinajstić information content (AvgIpc) is 3.48. The van der Waals surface area contributed by atoms with Crippen molar-refractivity contribution in [2.24, 2.45) is 5.92 Å². The topological polar surface area (TPSA) is 111 Å². The van der Waals surface area contributed by atoms with Crippen LogP contribution in [0.1, 0.15) is 68.9 Å². The Morgan fingerprint density at radius 3 is 2.78 bits per heavy atom. The van der Waals surface area contributed by atoms with Gasteiger partial charge in [0.05, 0.1) is 12.3 Å². The fourth-order valence-electron chi connectivity index (χ4n) is 4.85. The number of ether oxygens (including phenoxy) is 3. The summed E-state index contributed by atoms with van der Waals surface area (Å²) in [6, 6.07) is 13.1. The number of amides is 1. The predicted molar refractivity (Wildman–Crippen MR) is 140 cm³/mol. The van der Waals surface area contributed by atoms with Crippen LogP contribution in [0.5, 0.6) is 17.2 Å². The van der Waals surface area contributed by atoms with Crippen LogP contribution in [0.2, 0.25) is 0 Å². The highest BCUT2D eigenvalue weighted by atomic mass is 16.6. The molecular formula is C28H33N5O4. The van der Waals surface area contributed by atoms with E-state index in [9.17, 15) is 4.79 Å². The van der Waals surface area contributed by atoms with Crippen molar-refractivity contribution in [1.29, 1.82) is 0 Å². The van der Waals surface area contributed by atoms with Crippen LogP contribution in [0.3, 0.4) is 0 Å². The third-order valence-corrected chi connectivity index (χ3v) is 6.86. The smallest absolute Gasteiger partial charge is 0.248 e. The molecule has 3 aromatic rings. The number of benzene rings is 2. The molecule has 0 saturated heterocycles. The molecule has 0 bridgehead atoms. The second-order valence-corrected chi connectivity index (χ2v) is 9.58. The predicted octanol–water partition coefficient (Wildman–Crippen LogP) is 5.49. The molecule has 1 aromatic heterocycles. The molecule has 0 radical (unpaired) electrons. The van der Waals surface area contributed by atoms with Gasteiger partial charge in [0.1, 0.15) is 12.4 Å². The number of tetrazole rings is 1. The van der Waals surface area contributed by atoms with Crippen molar-refractivity contribution in [1.82, 2.24) is 20.6 Å². The highest BCUT2D eigenvalue weighted by molar-refractivity contribution is 6.03. The van der Waals surface area contributed by atoms with Crippen molar-refractivity contribution in [2.75, 3.05) is 18.5 Å². The van der Waals surface area contributed by atoms with Gasteiger partial charge in [-0.15, -0.1) is 5.10 Å². The van der Waals surface area contributed by atoms with Gasteiger partial charge >= 0.3 is 0 Å². The Kier molecular flexibility index (Phi) is 8.30. The van der Waals surface area contributed by atoms with Crippen LogP contribution in [0.25, 0.3) is 6.08 Å². The van der Waals surface area contributed by atoms with E-state index in [0.29, 0.717) is 23.0 Å². The van der Waals surface area contributed by atoms with E-state index in [2.05, 4.69) is 25.9 Å². The van der Waals surface area contributed by atoms with Crippen molar-refractivity contribution in [3.05, 3.63) is 59.9 Å². The molecule has 2 aromatic carbocycles. The van der Waals surface area contributed by atoms with E-state index in [0.717, 1.165) is 30.3 Å². The van der Waals surface area contributed by atoms with E-state index in [1.165, 1.54) is 51.0 Å². The maximum atomic E-state index is 12.6. The van der Waals surface area contributed by atoms with Crippen LogP contribution in [0.4, 0.5) is 5.69 Å². The number of carbonyl (C=O) groups excluding carboxylic acids is 1. The number of aromatic amines is 1. The number of aromatic nitrogens is 4. The van der Waals surface area contributed by atoms with Crippen LogP contribution < -0.4 is 19.5 Å². The van der Waals surface area contributed by atoms with Crippen LogP contribution in [-0.2, 0) is 4.79 Å². The summed E-state index contributed by atoms with van der Waals surface area (Å²) in [5.74, 6) is 2.95. The van der Waals surface area contributed by atoms with Crippen LogP contribution >= 0.6 is 0 Å². The van der Waals surface area contributed by atoms with Crippen molar-refractivity contribution in [2.45, 2.75) is 57.5 Å². The molecule has 1 atom stereocenters. The highest BCUT2D eigenvalue weighted by Gasteiger charge is 2.27. The summed E-state index contributed by atoms with van der Waals surface area (Å²) in [5.41, 5.74) is 1.42. The number of nitrogens with zero attached hydrogens (tertiary/aromatic N) is 3. The van der Waals surface area contributed by atoms with E-state index in [4.69, 9.17) is 14.2 Å². The first-order valence-corrected chi connectivity index (χ1v) is 13.1. The number of H-pyrrole nitrogens is 1. The zero-order valence-electron chi connectivity index (χ0n) is 20.9. The minimum Gasteiger partial charge on any atom is -0.494 e. The molecular weight excluding hydrogens is 470 g/mol. The Morgan fingerprint density at radius 2 is 1.97 bits per heavy atom. The standard InChI is InChI=1S/C28H33N5O4/c34-26(29-23-10-6-11-24-27(23)37-25(19-36-24)28-30-32-33-31-28)17-14-21-12-15-22(16-13-21)35-18-5-4-9-20-7-2-1-3-8-20/h6,10-17,20,25H,1-5,7-9,18-19H2,(H,29,34)(H,30,31,32,33)/b17-14+. The maximum absolute atomic E-state index is 12.6. The Hall–Kier alpha value is -3.88. The van der Waals surface area contributed by atoms with E-state index in [1.807, 2.05) is 24.3 Å². The van der Waals surface area contributed by atoms with Gasteiger partial charge in [-0.05, 0) is 65.1 Å². The van der Waals surface area contributed by atoms with E-state index >= 15 is 0 Å². The molecule has 9 heteroatoms. The molecule has 1 saturated carbocycles. The first-order chi connectivity index (χ1) is 18.2. The number of nitrogens with one attached hydrogen (secondary N) is 2. The van der Waals surface area contributed by atoms with Gasteiger partial charge < -0.3 is 19.5 Å². The fourth-order valence-corrected chi connectivity index (χ4v) is 4.85. The SMILES string of the molecule is O=C(/C=C/c1ccc(OCCCCC2CCCCC2)cc1)Nc1cccc2c1OC(c1nnn[nH]1)CO2. The van der Waals surface area contributed by atoms with Gasteiger partial charge in [-0.1, -0.05) is 56.7 Å². The van der Waals surface area contributed by atoms with Crippen LogP contribution in [0, 0.1) is 5.92 Å². The number of unbranched alkanes of at least 4 members (excludes halogenated alkanes) is 1. The summed E-state index contributed by atoms with van der Waals surface area (Å²) in [6.07, 6.45) is 13.5. The lowest BCUT2D eigenvalue weighted by Crippen LogP contribution is -2.24. The van der Waals surface area contributed by atoms with Crippen molar-refractivity contribution in [3.63, 3.8) is 0 Å². The zero-order chi connectivity index (χ0) is 25.3. The Morgan fingerprint density at radius 1 is 1.11 bits per heavy atom. The minimum absolute atomic E-state index is 0.265. The summed E-state index contributed by atoms with van der Waals surface area (Å²) in [5, 5.41) is 16.6. The lowest BCUT2D eigenvalue weighted by Gasteiger charge is -2.26. The molecule has 5 rings (SSSR count). The van der Waals surface area contributed by atoms with Gasteiger partial charge in [0, 0.05) is 6.08 Å². The summed E-state index contributed by atoms with van der Waals surface area (Å²) in [7, 11) is 0. The number of anilines is 1. The lowest BCUT2D eigenvalue weighted by atomic mass is 9.86. The van der Waals surface area contributed by atoms with E-state index in [1.54, 1.807) is 24.3 Å². The summed E-state index contributed by atoms with van der Waals surface area (Å²) in [4.78, 5) is 12.6. The molecule has 1 amide bonds. The second kappa shape index (κ2) is 12.4. The quantitative estimate of drug-likeness (QED) is 0.278. The number of fused-ring (bicyclic) bond motifs is 1. The normalized spacial score (nSPS) is 17.6. The molecule has 9 nitrogen and oxygen atoms in total. The van der Waals surface area contributed by atoms with Crippen LogP contribution in [-0.4, -0.2) is 39.7 Å². The first kappa shape index (κ1) is 24.8. The number of hydrogen-bond acceptors (Lipinski definition) is 7. The van der Waals surface area contributed by atoms with Gasteiger partial charge in [-0.2, -0.15) is 0 Å². The molecule has 1 fully saturated rings. The Bertz CT molecular complexity index is 1170. The minimum atomic E-state index is -0.492. The van der Waals surface area contributed by atoms with Crippen molar-refractivity contribution >= 4 is 17.7 Å². The molecule has 37 heavy (non-hydrogen) atoms. The number of hydrogen-bond donors (Lipinski definition) is 2. The molecule has 1 aliphatic heterocycles. The number of carbonyl (C=O) groups is 1. The first-order valence-electron chi connectivity index (χ1n) is 13.1. The lowest BCUT2D eigenvalue weighted by molar-refractivity contribution is -0.111. The molecule has 2 aliphatic rings. The summed E-state index contributed by atoms with van der Waals surface area (Å²) < 4.78 is 17.7. The van der Waals surface area contributed by atoms with E-state index in [-0.39, 0.29) is 12.5 Å². The maximum Gasteiger partial charge on any atom is 0.248 e. The Balaban J connectivity index is 1.08. The van der Waals surface area contributed by atoms with Crippen molar-refractivity contribution < 1.29 is 19.0 Å². The molecule has 194 valence electrons. The molecule has 2 N–H and O–H groups in total. The highest BCUT2D eigenvalue weighted by Crippen LogP contribution is 2.41. The van der Waals surface area contributed by atoms with Gasteiger partial charge in [0.15, 0.2) is 23.4 Å². The average molecular weight is 504 g/mol. The molecule has 2 heterocycles. The molecule has 1 unspecified atom stereocenters. The molecule has 1 aliphatic carbocycles. The van der Waals surface area contributed by atoms with Gasteiger partial charge in [-0.25, -0.2) is 5.10 Å². The van der Waals surface area contributed by atoms with E-state index < -0.39 is 6.10 Å². The van der Waals surface area contributed by atoms with Crippen molar-refractivity contribution in [3.8, 4) is 17.2 Å². The second-order valence-electron chi connectivity index (χ2n) is 9.58.